The van der Waals surface area contributed by atoms with Gasteiger partial charge in [0.05, 0.1) is 6.10 Å². The summed E-state index contributed by atoms with van der Waals surface area (Å²) in [6, 6.07) is 4.30. The van der Waals surface area contributed by atoms with E-state index in [2.05, 4.69) is 19.9 Å². The Morgan fingerprint density at radius 1 is 1.46 bits per heavy atom. The van der Waals surface area contributed by atoms with E-state index in [1.807, 2.05) is 23.8 Å². The molecule has 0 aromatic carbocycles. The van der Waals surface area contributed by atoms with Gasteiger partial charge in [0.2, 0.25) is 0 Å². The minimum Gasteiger partial charge on any atom is -0.387 e. The van der Waals surface area contributed by atoms with Gasteiger partial charge in [-0.05, 0) is 37.0 Å². The van der Waals surface area contributed by atoms with Crippen LogP contribution in [0.2, 0.25) is 0 Å². The molecule has 2 atom stereocenters. The lowest BCUT2D eigenvalue weighted by Crippen LogP contribution is -2.31. The molecule has 0 spiro atoms. The lowest BCUT2D eigenvalue weighted by atomic mass is 10.1. The Morgan fingerprint density at radius 2 is 2.38 bits per heavy atom. The first-order chi connectivity index (χ1) is 11.8. The van der Waals surface area contributed by atoms with Crippen LogP contribution in [0.1, 0.15) is 30.2 Å². The monoisotopic (exact) mass is 378 g/mol. The first kappa shape index (κ1) is 16.3. The van der Waals surface area contributed by atoms with Gasteiger partial charge in [-0.15, -0.1) is 22.7 Å². The van der Waals surface area contributed by atoms with Crippen LogP contribution in [0.3, 0.4) is 0 Å². The van der Waals surface area contributed by atoms with Gasteiger partial charge in [0.15, 0.2) is 15.8 Å². The standard InChI is InChI=1S/C16H18N4OS3/c1-22-16-19-14-13(24-16)15(18-9-17-14)20-6-2-4-10(20)8-11(21)12-5-3-7-23-12/h3,5,7,9-11,21H,2,4,6,8H2,1H3. The number of anilines is 1. The molecule has 4 rings (SSSR count). The molecular weight excluding hydrogens is 360 g/mol. The molecular formula is C16H18N4OS3. The summed E-state index contributed by atoms with van der Waals surface area (Å²) in [5.41, 5.74) is 0.777. The normalized spacial score (nSPS) is 19.2. The van der Waals surface area contributed by atoms with Gasteiger partial charge in [-0.3, -0.25) is 0 Å². The molecule has 3 aromatic heterocycles. The highest BCUT2D eigenvalue weighted by molar-refractivity contribution is 8.00. The number of aliphatic hydroxyl groups is 1. The van der Waals surface area contributed by atoms with Gasteiger partial charge < -0.3 is 10.0 Å². The number of hydrogen-bond donors (Lipinski definition) is 1. The molecule has 5 nitrogen and oxygen atoms in total. The van der Waals surface area contributed by atoms with Crippen LogP contribution in [0, 0.1) is 0 Å². The third-order valence-electron chi connectivity index (χ3n) is 4.34. The molecule has 1 aliphatic rings. The van der Waals surface area contributed by atoms with Gasteiger partial charge in [-0.25, -0.2) is 15.0 Å². The van der Waals surface area contributed by atoms with E-state index in [0.29, 0.717) is 6.04 Å². The van der Waals surface area contributed by atoms with Crippen molar-refractivity contribution in [3.8, 4) is 0 Å². The van der Waals surface area contributed by atoms with Crippen molar-refractivity contribution in [1.29, 1.82) is 0 Å². The first-order valence-electron chi connectivity index (χ1n) is 7.90. The summed E-state index contributed by atoms with van der Waals surface area (Å²) in [6.07, 6.45) is 6.17. The summed E-state index contributed by atoms with van der Waals surface area (Å²) in [5, 5.41) is 12.5. The molecule has 126 valence electrons. The Balaban J connectivity index is 1.62. The maximum absolute atomic E-state index is 10.5. The van der Waals surface area contributed by atoms with Crippen molar-refractivity contribution >= 4 is 50.6 Å². The molecule has 4 heterocycles. The third kappa shape index (κ3) is 3.03. The minimum absolute atomic E-state index is 0.306. The smallest absolute Gasteiger partial charge is 0.176 e. The van der Waals surface area contributed by atoms with E-state index in [9.17, 15) is 5.11 Å². The second-order valence-corrected chi connectivity index (χ2v) is 8.82. The van der Waals surface area contributed by atoms with E-state index in [4.69, 9.17) is 0 Å². The summed E-state index contributed by atoms with van der Waals surface area (Å²) >= 11 is 4.91. The molecule has 0 radical (unpaired) electrons. The topological polar surface area (TPSA) is 62.1 Å². The number of thiophene rings is 1. The molecule has 0 aliphatic carbocycles. The Kier molecular flexibility index (Phi) is 4.71. The number of thioether (sulfide) groups is 1. The van der Waals surface area contributed by atoms with E-state index >= 15 is 0 Å². The molecule has 0 amide bonds. The van der Waals surface area contributed by atoms with Crippen LogP contribution in [0.25, 0.3) is 10.3 Å². The second kappa shape index (κ2) is 6.95. The molecule has 8 heteroatoms. The number of aliphatic hydroxyl groups excluding tert-OH is 1. The number of thiazole rings is 1. The van der Waals surface area contributed by atoms with E-state index < -0.39 is 6.10 Å². The third-order valence-corrected chi connectivity index (χ3v) is 7.34. The number of aromatic nitrogens is 3. The predicted molar refractivity (Wildman–Crippen MR) is 101 cm³/mol. The molecule has 1 saturated heterocycles. The molecule has 1 aliphatic heterocycles. The number of hydrogen-bond acceptors (Lipinski definition) is 8. The van der Waals surface area contributed by atoms with Crippen molar-refractivity contribution in [3.63, 3.8) is 0 Å². The average molecular weight is 379 g/mol. The maximum atomic E-state index is 10.5. The van der Waals surface area contributed by atoms with Crippen molar-refractivity contribution < 1.29 is 5.11 Å². The Hall–Kier alpha value is -1.22. The zero-order valence-electron chi connectivity index (χ0n) is 13.3. The highest BCUT2D eigenvalue weighted by atomic mass is 32.2. The van der Waals surface area contributed by atoms with Crippen molar-refractivity contribution in [2.24, 2.45) is 0 Å². The van der Waals surface area contributed by atoms with Crippen LogP contribution in [-0.4, -0.2) is 38.9 Å². The van der Waals surface area contributed by atoms with Crippen molar-refractivity contribution in [1.82, 2.24) is 15.0 Å². The lowest BCUT2D eigenvalue weighted by Gasteiger charge is -2.27. The summed E-state index contributed by atoms with van der Waals surface area (Å²) in [4.78, 5) is 16.8. The van der Waals surface area contributed by atoms with Crippen LogP contribution in [0.4, 0.5) is 5.82 Å². The minimum atomic E-state index is -0.406. The zero-order valence-corrected chi connectivity index (χ0v) is 15.7. The molecule has 1 N–H and O–H groups in total. The molecule has 0 saturated carbocycles. The Bertz CT molecular complexity index is 820. The summed E-state index contributed by atoms with van der Waals surface area (Å²) in [6.45, 7) is 0.973. The molecule has 1 fully saturated rings. The Labute approximate surface area is 152 Å². The van der Waals surface area contributed by atoms with Crippen molar-refractivity contribution in [2.75, 3.05) is 17.7 Å². The quantitative estimate of drug-likeness (QED) is 0.678. The van der Waals surface area contributed by atoms with Gasteiger partial charge in [0.1, 0.15) is 11.0 Å². The summed E-state index contributed by atoms with van der Waals surface area (Å²) in [7, 11) is 0. The van der Waals surface area contributed by atoms with Crippen LogP contribution < -0.4 is 4.90 Å². The van der Waals surface area contributed by atoms with E-state index in [1.165, 1.54) is 0 Å². The van der Waals surface area contributed by atoms with Crippen molar-refractivity contribution in [2.45, 2.75) is 35.7 Å². The van der Waals surface area contributed by atoms with Crippen molar-refractivity contribution in [3.05, 3.63) is 28.7 Å². The van der Waals surface area contributed by atoms with Crippen LogP contribution in [0.5, 0.6) is 0 Å². The molecule has 24 heavy (non-hydrogen) atoms. The Morgan fingerprint density at radius 3 is 3.17 bits per heavy atom. The van der Waals surface area contributed by atoms with Gasteiger partial charge >= 0.3 is 0 Å². The van der Waals surface area contributed by atoms with E-state index in [0.717, 1.165) is 51.2 Å². The average Bonchev–Trinajstić information content (AvgIpc) is 3.33. The number of fused-ring (bicyclic) bond motifs is 1. The fourth-order valence-electron chi connectivity index (χ4n) is 3.23. The second-order valence-electron chi connectivity index (χ2n) is 5.79. The van der Waals surface area contributed by atoms with E-state index in [1.54, 1.807) is 40.8 Å². The summed E-state index contributed by atoms with van der Waals surface area (Å²) < 4.78 is 2.07. The SMILES string of the molecule is CSc1nc2ncnc(N3CCCC3CC(O)c3cccs3)c2s1. The molecule has 3 aromatic rings. The molecule has 2 unspecified atom stereocenters. The van der Waals surface area contributed by atoms with Crippen LogP contribution >= 0.6 is 34.4 Å². The maximum Gasteiger partial charge on any atom is 0.176 e. The van der Waals surface area contributed by atoms with Crippen LogP contribution in [0.15, 0.2) is 28.2 Å². The van der Waals surface area contributed by atoms with Crippen LogP contribution in [-0.2, 0) is 0 Å². The predicted octanol–water partition coefficient (Wildman–Crippen LogP) is 3.96. The highest BCUT2D eigenvalue weighted by Gasteiger charge is 2.30. The van der Waals surface area contributed by atoms with Gasteiger partial charge in [0.25, 0.3) is 0 Å². The number of nitrogens with zero attached hydrogens (tertiary/aromatic N) is 4. The van der Waals surface area contributed by atoms with Gasteiger partial charge in [0, 0.05) is 17.5 Å². The largest absolute Gasteiger partial charge is 0.387 e. The first-order valence-corrected chi connectivity index (χ1v) is 10.8. The zero-order chi connectivity index (χ0) is 16.5. The number of rotatable bonds is 5. The lowest BCUT2D eigenvalue weighted by molar-refractivity contribution is 0.161. The molecule has 0 bridgehead atoms. The van der Waals surface area contributed by atoms with Gasteiger partial charge in [-0.2, -0.15) is 0 Å². The summed E-state index contributed by atoms with van der Waals surface area (Å²) in [5.74, 6) is 0.971. The fourth-order valence-corrected chi connectivity index (χ4v) is 5.47. The fraction of sp³-hybridized carbons (Fsp3) is 0.438. The highest BCUT2D eigenvalue weighted by Crippen LogP contribution is 2.37. The van der Waals surface area contributed by atoms with E-state index in [-0.39, 0.29) is 0 Å². The van der Waals surface area contributed by atoms with Gasteiger partial charge in [-0.1, -0.05) is 17.8 Å².